The van der Waals surface area contributed by atoms with E-state index in [1.807, 2.05) is 84.9 Å². The van der Waals surface area contributed by atoms with Gasteiger partial charge in [-0.05, 0) is 42.3 Å². The third kappa shape index (κ3) is 8.03. The number of nitrogens with zero attached hydrogens (tertiary/aromatic N) is 1. The lowest BCUT2D eigenvalue weighted by atomic mass is 10.1. The number of anilines is 2. The van der Waals surface area contributed by atoms with Gasteiger partial charge < -0.3 is 15.4 Å². The van der Waals surface area contributed by atoms with Crippen LogP contribution in [0, 0.1) is 0 Å². The van der Waals surface area contributed by atoms with Crippen LogP contribution in [0.5, 0.6) is 0 Å². The van der Waals surface area contributed by atoms with Crippen LogP contribution in [0.4, 0.5) is 10.8 Å². The van der Waals surface area contributed by atoms with E-state index in [-0.39, 0.29) is 24.2 Å². The first-order chi connectivity index (χ1) is 18.5. The standard InChI is InChI=1S/C29H27N3O4S2/c1-2-36-26(34)18-23-19-37-29(31-23)32-28(35)27(21-11-7-4-8-12-21)38-24-15-13-22(14-16-24)30-25(33)17-20-9-5-3-6-10-20/h3-16,19,27H,2,17-18H2,1H3,(H,30,33)(H,31,32,35). The molecule has 1 unspecified atom stereocenters. The van der Waals surface area contributed by atoms with Crippen molar-refractivity contribution in [2.75, 3.05) is 17.2 Å². The molecule has 1 heterocycles. The largest absolute Gasteiger partial charge is 0.466 e. The smallest absolute Gasteiger partial charge is 0.311 e. The van der Waals surface area contributed by atoms with Gasteiger partial charge in [-0.3, -0.25) is 14.4 Å². The summed E-state index contributed by atoms with van der Waals surface area (Å²) in [4.78, 5) is 42.7. The fourth-order valence-corrected chi connectivity index (χ4v) is 5.35. The monoisotopic (exact) mass is 545 g/mol. The normalized spacial score (nSPS) is 11.4. The molecule has 0 saturated heterocycles. The third-order valence-corrected chi connectivity index (χ3v) is 7.43. The van der Waals surface area contributed by atoms with Gasteiger partial charge in [-0.1, -0.05) is 60.7 Å². The topological polar surface area (TPSA) is 97.4 Å². The molecule has 2 N–H and O–H groups in total. The molecule has 3 aromatic carbocycles. The maximum Gasteiger partial charge on any atom is 0.311 e. The molecule has 0 aliphatic rings. The van der Waals surface area contributed by atoms with Crippen LogP contribution < -0.4 is 10.6 Å². The predicted octanol–water partition coefficient (Wildman–Crippen LogP) is 5.90. The zero-order valence-electron chi connectivity index (χ0n) is 20.8. The van der Waals surface area contributed by atoms with Crippen LogP contribution in [-0.2, 0) is 32.0 Å². The maximum absolute atomic E-state index is 13.3. The number of carbonyl (C=O) groups excluding carboxylic acids is 3. The number of thioether (sulfide) groups is 1. The molecule has 38 heavy (non-hydrogen) atoms. The second-order valence-electron chi connectivity index (χ2n) is 8.26. The fraction of sp³-hybridized carbons (Fsp3) is 0.172. The average molecular weight is 546 g/mol. The van der Waals surface area contributed by atoms with Crippen molar-refractivity contribution in [1.82, 2.24) is 4.98 Å². The molecule has 0 aliphatic heterocycles. The van der Waals surface area contributed by atoms with Crippen molar-refractivity contribution in [2.24, 2.45) is 0 Å². The Morgan fingerprint density at radius 2 is 1.58 bits per heavy atom. The number of aromatic nitrogens is 1. The summed E-state index contributed by atoms with van der Waals surface area (Å²) >= 11 is 2.67. The lowest BCUT2D eigenvalue weighted by Crippen LogP contribution is -2.19. The molecular formula is C29H27N3O4S2. The molecule has 1 atom stereocenters. The molecule has 194 valence electrons. The second-order valence-corrected chi connectivity index (χ2v) is 10.3. The van der Waals surface area contributed by atoms with Crippen molar-refractivity contribution in [3.8, 4) is 0 Å². The molecule has 0 saturated carbocycles. The van der Waals surface area contributed by atoms with Gasteiger partial charge in [0.1, 0.15) is 5.25 Å². The third-order valence-electron chi connectivity index (χ3n) is 5.35. The molecule has 0 radical (unpaired) electrons. The minimum absolute atomic E-state index is 0.0608. The number of amides is 2. The number of esters is 1. The Hall–Kier alpha value is -3.95. The summed E-state index contributed by atoms with van der Waals surface area (Å²) in [6.07, 6.45) is 0.358. The Morgan fingerprint density at radius 1 is 0.895 bits per heavy atom. The average Bonchev–Trinajstić information content (AvgIpc) is 3.35. The molecule has 1 aromatic heterocycles. The number of nitrogens with one attached hydrogen (secondary N) is 2. The van der Waals surface area contributed by atoms with Crippen LogP contribution in [-0.4, -0.2) is 29.4 Å². The fourth-order valence-electron chi connectivity index (χ4n) is 3.62. The van der Waals surface area contributed by atoms with Crippen LogP contribution in [0.1, 0.15) is 29.0 Å². The molecular weight excluding hydrogens is 518 g/mol. The zero-order chi connectivity index (χ0) is 26.7. The van der Waals surface area contributed by atoms with E-state index in [0.29, 0.717) is 29.5 Å². The summed E-state index contributed by atoms with van der Waals surface area (Å²) in [5.41, 5.74) is 3.03. The second kappa shape index (κ2) is 13.6. The highest BCUT2D eigenvalue weighted by atomic mass is 32.2. The number of carbonyl (C=O) groups is 3. The molecule has 9 heteroatoms. The van der Waals surface area contributed by atoms with Crippen molar-refractivity contribution in [2.45, 2.75) is 29.9 Å². The number of benzene rings is 3. The van der Waals surface area contributed by atoms with Gasteiger partial charge in [0.15, 0.2) is 5.13 Å². The van der Waals surface area contributed by atoms with Crippen molar-refractivity contribution < 1.29 is 19.1 Å². The zero-order valence-corrected chi connectivity index (χ0v) is 22.4. The molecule has 0 spiro atoms. The van der Waals surface area contributed by atoms with Gasteiger partial charge in [0.2, 0.25) is 11.8 Å². The summed E-state index contributed by atoms with van der Waals surface area (Å²) in [5, 5.41) is 7.43. The lowest BCUT2D eigenvalue weighted by Gasteiger charge is -2.16. The van der Waals surface area contributed by atoms with E-state index >= 15 is 0 Å². The summed E-state index contributed by atoms with van der Waals surface area (Å²) in [5.74, 6) is -0.671. The molecule has 4 aromatic rings. The first-order valence-corrected chi connectivity index (χ1v) is 13.8. The summed E-state index contributed by atoms with van der Waals surface area (Å²) < 4.78 is 4.97. The quantitative estimate of drug-likeness (QED) is 0.180. The number of rotatable bonds is 11. The van der Waals surface area contributed by atoms with Crippen LogP contribution in [0.2, 0.25) is 0 Å². The van der Waals surface area contributed by atoms with Crippen molar-refractivity contribution in [1.29, 1.82) is 0 Å². The first kappa shape index (κ1) is 27.1. The Labute approximate surface area is 229 Å². The van der Waals surface area contributed by atoms with Crippen LogP contribution in [0.15, 0.2) is 95.2 Å². The van der Waals surface area contributed by atoms with Gasteiger partial charge in [-0.15, -0.1) is 23.1 Å². The van der Waals surface area contributed by atoms with Gasteiger partial charge in [0.05, 0.1) is 25.1 Å². The van der Waals surface area contributed by atoms with Crippen LogP contribution in [0.3, 0.4) is 0 Å². The molecule has 0 bridgehead atoms. The highest BCUT2D eigenvalue weighted by molar-refractivity contribution is 8.00. The number of hydrogen-bond acceptors (Lipinski definition) is 7. The lowest BCUT2D eigenvalue weighted by molar-refractivity contribution is -0.142. The van der Waals surface area contributed by atoms with E-state index in [2.05, 4.69) is 15.6 Å². The Balaban J connectivity index is 1.41. The van der Waals surface area contributed by atoms with Gasteiger partial charge in [0.25, 0.3) is 0 Å². The Morgan fingerprint density at radius 3 is 2.26 bits per heavy atom. The van der Waals surface area contributed by atoms with Gasteiger partial charge in [-0.2, -0.15) is 0 Å². The first-order valence-electron chi connectivity index (χ1n) is 12.1. The van der Waals surface area contributed by atoms with Crippen molar-refractivity contribution >= 4 is 51.7 Å². The Bertz CT molecular complexity index is 1360. The minimum atomic E-state index is -0.535. The van der Waals surface area contributed by atoms with E-state index in [1.54, 1.807) is 12.3 Å². The van der Waals surface area contributed by atoms with Crippen LogP contribution >= 0.6 is 23.1 Å². The highest BCUT2D eigenvalue weighted by Gasteiger charge is 2.23. The molecule has 7 nitrogen and oxygen atoms in total. The van der Waals surface area contributed by atoms with E-state index in [4.69, 9.17) is 4.74 Å². The molecule has 0 fully saturated rings. The van der Waals surface area contributed by atoms with E-state index in [0.717, 1.165) is 16.0 Å². The summed E-state index contributed by atoms with van der Waals surface area (Å²) in [6, 6.07) is 26.5. The minimum Gasteiger partial charge on any atom is -0.466 e. The molecule has 0 aliphatic carbocycles. The summed E-state index contributed by atoms with van der Waals surface area (Å²) in [7, 11) is 0. The van der Waals surface area contributed by atoms with E-state index in [1.165, 1.54) is 23.1 Å². The predicted molar refractivity (Wildman–Crippen MR) is 151 cm³/mol. The SMILES string of the molecule is CCOC(=O)Cc1csc(NC(=O)C(Sc2ccc(NC(=O)Cc3ccccc3)cc2)c2ccccc2)n1. The number of hydrogen-bond donors (Lipinski definition) is 2. The number of thiazole rings is 1. The summed E-state index contributed by atoms with van der Waals surface area (Å²) in [6.45, 7) is 2.06. The van der Waals surface area contributed by atoms with Crippen molar-refractivity contribution in [3.05, 3.63) is 107 Å². The van der Waals surface area contributed by atoms with Crippen LogP contribution in [0.25, 0.3) is 0 Å². The molecule has 2 amide bonds. The maximum atomic E-state index is 13.3. The van der Waals surface area contributed by atoms with E-state index in [9.17, 15) is 14.4 Å². The van der Waals surface area contributed by atoms with Gasteiger partial charge in [-0.25, -0.2) is 4.98 Å². The molecule has 4 rings (SSSR count). The highest BCUT2D eigenvalue weighted by Crippen LogP contribution is 2.37. The number of ether oxygens (including phenoxy) is 1. The van der Waals surface area contributed by atoms with E-state index < -0.39 is 5.25 Å². The Kier molecular flexibility index (Phi) is 9.66. The van der Waals surface area contributed by atoms with Crippen molar-refractivity contribution in [3.63, 3.8) is 0 Å². The van der Waals surface area contributed by atoms with Gasteiger partial charge in [0, 0.05) is 16.0 Å². The van der Waals surface area contributed by atoms with Gasteiger partial charge >= 0.3 is 5.97 Å².